The number of nitrogens with one attached hydrogen (secondary N) is 1. The summed E-state index contributed by atoms with van der Waals surface area (Å²) in [6, 6.07) is 20.5. The average Bonchev–Trinajstić information content (AvgIpc) is 2.49. The molecular weight excluding hydrogens is 258 g/mol. The Morgan fingerprint density at radius 2 is 1.29 bits per heavy atom. The van der Waals surface area contributed by atoms with Crippen LogP contribution in [0.25, 0.3) is 0 Å². The molecule has 112 valence electrons. The van der Waals surface area contributed by atoms with E-state index >= 15 is 0 Å². The van der Waals surface area contributed by atoms with Gasteiger partial charge in [-0.2, -0.15) is 0 Å². The quantitative estimate of drug-likeness (QED) is 0.816. The van der Waals surface area contributed by atoms with Gasteiger partial charge < -0.3 is 10.4 Å². The molecule has 0 aromatic heterocycles. The summed E-state index contributed by atoms with van der Waals surface area (Å²) in [4.78, 5) is 0. The highest BCUT2D eigenvalue weighted by Gasteiger charge is 2.22. The molecule has 0 fully saturated rings. The Labute approximate surface area is 127 Å². The van der Waals surface area contributed by atoms with Crippen LogP contribution in [0.5, 0.6) is 0 Å². The maximum absolute atomic E-state index is 10.7. The zero-order chi connectivity index (χ0) is 15.1. The highest BCUT2D eigenvalue weighted by molar-refractivity contribution is 5.33. The number of aliphatic hydroxyl groups is 1. The number of aliphatic hydroxyl groups excluding tert-OH is 1. The molecule has 2 N–H and O–H groups in total. The van der Waals surface area contributed by atoms with Crippen molar-refractivity contribution in [2.75, 3.05) is 13.1 Å². The van der Waals surface area contributed by atoms with Crippen LogP contribution in [0.1, 0.15) is 30.9 Å². The van der Waals surface area contributed by atoms with Crippen LogP contribution in [0.3, 0.4) is 0 Å². The molecule has 0 aliphatic rings. The third-order valence-corrected chi connectivity index (χ3v) is 3.61. The van der Waals surface area contributed by atoms with Gasteiger partial charge in [0.1, 0.15) is 0 Å². The lowest BCUT2D eigenvalue weighted by Crippen LogP contribution is -2.34. The van der Waals surface area contributed by atoms with Gasteiger partial charge in [-0.25, -0.2) is 0 Å². The Hall–Kier alpha value is -1.64. The van der Waals surface area contributed by atoms with E-state index in [9.17, 15) is 5.11 Å². The molecular formula is C19H25NO. The minimum Gasteiger partial charge on any atom is -0.391 e. The minimum atomic E-state index is -0.437. The lowest BCUT2D eigenvalue weighted by Gasteiger charge is -2.24. The van der Waals surface area contributed by atoms with E-state index in [1.165, 1.54) is 0 Å². The Bertz CT molecular complexity index is 470. The normalized spacial score (nSPS) is 12.8. The van der Waals surface area contributed by atoms with Gasteiger partial charge in [0.05, 0.1) is 6.10 Å². The summed E-state index contributed by atoms with van der Waals surface area (Å²) in [6.45, 7) is 5.87. The van der Waals surface area contributed by atoms with Crippen molar-refractivity contribution < 1.29 is 5.11 Å². The number of benzene rings is 2. The van der Waals surface area contributed by atoms with Crippen LogP contribution in [0, 0.1) is 5.92 Å². The Kier molecular flexibility index (Phi) is 5.97. The van der Waals surface area contributed by atoms with Crippen LogP contribution in [-0.2, 0) is 0 Å². The van der Waals surface area contributed by atoms with Crippen molar-refractivity contribution in [3.8, 4) is 0 Å². The van der Waals surface area contributed by atoms with Gasteiger partial charge in [0.2, 0.25) is 0 Å². The molecule has 0 radical (unpaired) electrons. The second-order valence-electron chi connectivity index (χ2n) is 5.92. The maximum atomic E-state index is 10.7. The molecule has 0 aliphatic heterocycles. The van der Waals surface area contributed by atoms with Crippen LogP contribution in [0.15, 0.2) is 60.7 Å². The molecule has 0 heterocycles. The first-order valence-electron chi connectivity index (χ1n) is 7.67. The molecule has 0 bridgehead atoms. The highest BCUT2D eigenvalue weighted by Crippen LogP contribution is 2.27. The Morgan fingerprint density at radius 1 is 0.810 bits per heavy atom. The summed E-state index contributed by atoms with van der Waals surface area (Å²) in [6.07, 6.45) is -0.437. The summed E-state index contributed by atoms with van der Waals surface area (Å²) in [5.41, 5.74) is 2.31. The maximum Gasteiger partial charge on any atom is 0.0773 e. The van der Waals surface area contributed by atoms with Gasteiger partial charge in [0, 0.05) is 12.5 Å². The molecule has 1 unspecified atom stereocenters. The van der Waals surface area contributed by atoms with Gasteiger partial charge in [0.15, 0.2) is 0 Å². The van der Waals surface area contributed by atoms with Crippen molar-refractivity contribution in [3.63, 3.8) is 0 Å². The van der Waals surface area contributed by atoms with Crippen LogP contribution >= 0.6 is 0 Å². The van der Waals surface area contributed by atoms with Gasteiger partial charge in [-0.15, -0.1) is 0 Å². The lowest BCUT2D eigenvalue weighted by molar-refractivity contribution is 0.153. The molecule has 2 aromatic carbocycles. The minimum absolute atomic E-state index is 0.00654. The molecule has 2 rings (SSSR count). The van der Waals surface area contributed by atoms with E-state index in [-0.39, 0.29) is 5.92 Å². The van der Waals surface area contributed by atoms with E-state index in [4.69, 9.17) is 0 Å². The summed E-state index contributed by atoms with van der Waals surface area (Å²) < 4.78 is 0. The third-order valence-electron chi connectivity index (χ3n) is 3.61. The average molecular weight is 283 g/mol. The van der Waals surface area contributed by atoms with Gasteiger partial charge in [0.25, 0.3) is 0 Å². The van der Waals surface area contributed by atoms with Crippen molar-refractivity contribution in [1.82, 2.24) is 5.32 Å². The van der Waals surface area contributed by atoms with Crippen molar-refractivity contribution in [1.29, 1.82) is 0 Å². The second-order valence-corrected chi connectivity index (χ2v) is 5.92. The van der Waals surface area contributed by atoms with Gasteiger partial charge in [-0.3, -0.25) is 0 Å². The molecule has 0 saturated carbocycles. The molecule has 0 amide bonds. The van der Waals surface area contributed by atoms with Crippen LogP contribution in [0.2, 0.25) is 0 Å². The monoisotopic (exact) mass is 283 g/mol. The largest absolute Gasteiger partial charge is 0.391 e. The Morgan fingerprint density at radius 3 is 1.71 bits per heavy atom. The third kappa shape index (κ3) is 4.69. The van der Waals surface area contributed by atoms with E-state index in [1.54, 1.807) is 0 Å². The smallest absolute Gasteiger partial charge is 0.0773 e. The van der Waals surface area contributed by atoms with Gasteiger partial charge in [-0.05, 0) is 23.6 Å². The molecule has 2 heteroatoms. The SMILES string of the molecule is CC(C)CNCC(O)C(c1ccccc1)c1ccccc1. The molecule has 21 heavy (non-hydrogen) atoms. The zero-order valence-corrected chi connectivity index (χ0v) is 12.9. The van der Waals surface area contributed by atoms with E-state index in [0.29, 0.717) is 12.5 Å². The summed E-state index contributed by atoms with van der Waals surface area (Å²) in [7, 11) is 0. The fraction of sp³-hybridized carbons (Fsp3) is 0.368. The lowest BCUT2D eigenvalue weighted by atomic mass is 9.86. The van der Waals surface area contributed by atoms with Crippen LogP contribution in [-0.4, -0.2) is 24.3 Å². The Balaban J connectivity index is 2.16. The number of rotatable bonds is 7. The van der Waals surface area contributed by atoms with Gasteiger partial charge in [-0.1, -0.05) is 74.5 Å². The first kappa shape index (κ1) is 15.7. The van der Waals surface area contributed by atoms with Crippen molar-refractivity contribution in [2.45, 2.75) is 25.9 Å². The first-order chi connectivity index (χ1) is 10.2. The fourth-order valence-electron chi connectivity index (χ4n) is 2.60. The standard InChI is InChI=1S/C19H25NO/c1-15(2)13-20-14-18(21)19(16-9-5-3-6-10-16)17-11-7-4-8-12-17/h3-12,15,18-21H,13-14H2,1-2H3. The predicted octanol–water partition coefficient (Wildman–Crippen LogP) is 3.43. The first-order valence-corrected chi connectivity index (χ1v) is 7.67. The molecule has 2 nitrogen and oxygen atoms in total. The highest BCUT2D eigenvalue weighted by atomic mass is 16.3. The molecule has 0 spiro atoms. The fourth-order valence-corrected chi connectivity index (χ4v) is 2.60. The van der Waals surface area contributed by atoms with Crippen LogP contribution in [0.4, 0.5) is 0 Å². The molecule has 1 atom stereocenters. The number of hydrogen-bond acceptors (Lipinski definition) is 2. The molecule has 0 aliphatic carbocycles. The van der Waals surface area contributed by atoms with E-state index < -0.39 is 6.10 Å². The van der Waals surface area contributed by atoms with Crippen molar-refractivity contribution >= 4 is 0 Å². The van der Waals surface area contributed by atoms with Crippen LogP contribution < -0.4 is 5.32 Å². The summed E-state index contributed by atoms with van der Waals surface area (Å²) in [5, 5.41) is 14.0. The van der Waals surface area contributed by atoms with E-state index in [2.05, 4.69) is 43.4 Å². The zero-order valence-electron chi connectivity index (χ0n) is 12.9. The molecule has 0 saturated heterocycles. The topological polar surface area (TPSA) is 32.3 Å². The van der Waals surface area contributed by atoms with Gasteiger partial charge >= 0.3 is 0 Å². The van der Waals surface area contributed by atoms with Crippen molar-refractivity contribution in [3.05, 3.63) is 71.8 Å². The second kappa shape index (κ2) is 7.96. The number of hydrogen-bond donors (Lipinski definition) is 2. The summed E-state index contributed by atoms with van der Waals surface area (Å²) in [5.74, 6) is 0.594. The predicted molar refractivity (Wildman–Crippen MR) is 88.4 cm³/mol. The van der Waals surface area contributed by atoms with Crippen molar-refractivity contribution in [2.24, 2.45) is 5.92 Å². The summed E-state index contributed by atoms with van der Waals surface area (Å²) >= 11 is 0. The van der Waals surface area contributed by atoms with E-state index in [1.807, 2.05) is 36.4 Å². The van der Waals surface area contributed by atoms with E-state index in [0.717, 1.165) is 17.7 Å². The molecule has 2 aromatic rings.